The molecule has 0 aromatic rings. The van der Waals surface area contributed by atoms with Gasteiger partial charge in [0.25, 0.3) is 11.8 Å². The number of hydrogen-bond donors (Lipinski definition) is 5. The summed E-state index contributed by atoms with van der Waals surface area (Å²) in [5.41, 5.74) is 4.96. The van der Waals surface area contributed by atoms with E-state index >= 15 is 0 Å². The topological polar surface area (TPSA) is 256 Å². The van der Waals surface area contributed by atoms with Crippen molar-refractivity contribution in [1.29, 1.82) is 0 Å². The van der Waals surface area contributed by atoms with Gasteiger partial charge in [-0.15, -0.1) is 13.2 Å². The van der Waals surface area contributed by atoms with Crippen LogP contribution in [0.1, 0.15) is 114 Å². The SMILES string of the molecule is C=CCC(=O)C[C@H](C(=O)N[C@@H](C)C(=O)N1CCC[C@@H](C(=O)OCC(Cl)(Cl)Cl)N1)C(C)C.C=CCC(=O)O.CC(C)[C@H](CC(=O)OC(C)(C)C)C(=O)N[C@@H](C)C(=O)N1CCC[C@@H](C(=O)OCC(Cl)(Cl)Cl)N1. The molecule has 2 saturated heterocycles. The number of alkyl halides is 6. The zero-order chi connectivity index (χ0) is 54.3. The monoisotopic (exact) mass is 1110 g/mol. The van der Waals surface area contributed by atoms with Gasteiger partial charge in [0.05, 0.1) is 18.8 Å². The van der Waals surface area contributed by atoms with Crippen LogP contribution >= 0.6 is 69.6 Å². The number of nitrogens with one attached hydrogen (secondary N) is 4. The van der Waals surface area contributed by atoms with Gasteiger partial charge in [0, 0.05) is 31.8 Å². The van der Waals surface area contributed by atoms with Crippen LogP contribution < -0.4 is 21.5 Å². The van der Waals surface area contributed by atoms with Crippen molar-refractivity contribution in [2.45, 2.75) is 151 Å². The molecule has 2 heterocycles. The van der Waals surface area contributed by atoms with Gasteiger partial charge in [-0.05, 0) is 72.1 Å². The first-order valence-electron chi connectivity index (χ1n) is 22.5. The van der Waals surface area contributed by atoms with Crippen LogP contribution in [0.4, 0.5) is 0 Å². The molecule has 70 heavy (non-hydrogen) atoms. The van der Waals surface area contributed by atoms with Crippen LogP contribution in [0.3, 0.4) is 0 Å². The summed E-state index contributed by atoms with van der Waals surface area (Å²) in [4.78, 5) is 109. The van der Waals surface area contributed by atoms with Crippen LogP contribution in [0.2, 0.25) is 0 Å². The average Bonchev–Trinajstić information content (AvgIpc) is 3.24. The largest absolute Gasteiger partial charge is 0.481 e. The summed E-state index contributed by atoms with van der Waals surface area (Å²) in [6.45, 7) is 22.3. The fraction of sp³-hybridized carbons (Fsp3) is 0.711. The summed E-state index contributed by atoms with van der Waals surface area (Å²) in [6, 6.07) is -3.30. The van der Waals surface area contributed by atoms with E-state index in [0.717, 1.165) is 0 Å². The number of carboxylic acid groups (broad SMARTS) is 1. The van der Waals surface area contributed by atoms with Gasteiger partial charge >= 0.3 is 23.9 Å². The van der Waals surface area contributed by atoms with Gasteiger partial charge in [-0.3, -0.25) is 53.2 Å². The van der Waals surface area contributed by atoms with Crippen molar-refractivity contribution >= 4 is 123 Å². The molecular weight excluding hydrogens is 1050 g/mol. The number of ether oxygens (including phenoxy) is 3. The lowest BCUT2D eigenvalue weighted by Crippen LogP contribution is -2.60. The van der Waals surface area contributed by atoms with Gasteiger partial charge in [0.15, 0.2) is 0 Å². The first kappa shape index (κ1) is 66.6. The number of amides is 4. The van der Waals surface area contributed by atoms with E-state index in [4.69, 9.17) is 88.9 Å². The summed E-state index contributed by atoms with van der Waals surface area (Å²) in [5.74, 6) is -5.76. The maximum atomic E-state index is 12.9. The summed E-state index contributed by atoms with van der Waals surface area (Å²) in [5, 5.41) is 15.7. The highest BCUT2D eigenvalue weighted by Gasteiger charge is 2.37. The molecule has 2 aliphatic heterocycles. The van der Waals surface area contributed by atoms with Crippen molar-refractivity contribution < 1.29 is 62.5 Å². The summed E-state index contributed by atoms with van der Waals surface area (Å²) in [6.07, 6.45) is 5.06. The second-order valence-electron chi connectivity index (χ2n) is 18.1. The zero-order valence-corrected chi connectivity index (χ0v) is 45.7. The number of hydrazine groups is 2. The van der Waals surface area contributed by atoms with Crippen LogP contribution in [0.5, 0.6) is 0 Å². The number of ketones is 1. The van der Waals surface area contributed by atoms with E-state index in [-0.39, 0.29) is 49.2 Å². The Bertz CT molecular complexity index is 1810. The molecule has 19 nitrogen and oxygen atoms in total. The van der Waals surface area contributed by atoms with Crippen LogP contribution in [-0.4, -0.2) is 132 Å². The predicted octanol–water partition coefficient (Wildman–Crippen LogP) is 6.26. The molecule has 5 N–H and O–H groups in total. The number of Topliss-reactive ketones (excluding diaryl/α,β-unsaturated/α-hetero) is 1. The molecule has 6 atom stereocenters. The number of carbonyl (C=O) groups is 9. The van der Waals surface area contributed by atoms with Gasteiger partial charge < -0.3 is 30.0 Å². The van der Waals surface area contributed by atoms with E-state index in [9.17, 15) is 43.2 Å². The van der Waals surface area contributed by atoms with Crippen molar-refractivity contribution in [1.82, 2.24) is 31.5 Å². The molecule has 25 heteroatoms. The van der Waals surface area contributed by atoms with Crippen LogP contribution in [-0.2, 0) is 57.4 Å². The number of halogens is 6. The highest BCUT2D eigenvalue weighted by molar-refractivity contribution is 6.68. The predicted molar refractivity (Wildman–Crippen MR) is 267 cm³/mol. The Morgan fingerprint density at radius 3 is 1.33 bits per heavy atom. The van der Waals surface area contributed by atoms with E-state index in [0.29, 0.717) is 38.8 Å². The Morgan fingerprint density at radius 1 is 0.657 bits per heavy atom. The van der Waals surface area contributed by atoms with Crippen molar-refractivity contribution in [2.75, 3.05) is 26.3 Å². The Labute approximate surface area is 440 Å². The Balaban J connectivity index is 0.00000122. The number of rotatable bonds is 20. The lowest BCUT2D eigenvalue weighted by atomic mass is 9.89. The van der Waals surface area contributed by atoms with Crippen molar-refractivity contribution in [3.63, 3.8) is 0 Å². The van der Waals surface area contributed by atoms with Gasteiger partial charge in [-0.2, -0.15) is 0 Å². The number of aliphatic carboxylic acids is 1. The molecule has 400 valence electrons. The molecule has 0 aromatic carbocycles. The normalized spacial score (nSPS) is 17.9. The zero-order valence-electron chi connectivity index (χ0n) is 41.2. The highest BCUT2D eigenvalue weighted by Crippen LogP contribution is 2.28. The van der Waals surface area contributed by atoms with E-state index in [1.54, 1.807) is 27.7 Å². The Kier molecular flexibility index (Phi) is 30.3. The molecule has 0 unspecified atom stereocenters. The lowest BCUT2D eigenvalue weighted by Gasteiger charge is -2.34. The number of allylic oxidation sites excluding steroid dienone is 1. The first-order chi connectivity index (χ1) is 32.1. The number of nitrogens with zero attached hydrogens (tertiary/aromatic N) is 2. The molecular formula is C45H70Cl6N6O13. The van der Waals surface area contributed by atoms with Gasteiger partial charge in [-0.1, -0.05) is 109 Å². The second-order valence-corrected chi connectivity index (χ2v) is 23.2. The van der Waals surface area contributed by atoms with Crippen LogP contribution in [0, 0.1) is 23.7 Å². The quantitative estimate of drug-likeness (QED) is 0.0390. The second kappa shape index (κ2) is 31.9. The maximum Gasteiger partial charge on any atom is 0.325 e. The smallest absolute Gasteiger partial charge is 0.325 e. The Hall–Kier alpha value is -3.43. The molecule has 2 rings (SSSR count). The molecule has 0 bridgehead atoms. The molecule has 0 aliphatic carbocycles. The fourth-order valence-electron chi connectivity index (χ4n) is 6.41. The first-order valence-corrected chi connectivity index (χ1v) is 24.8. The highest BCUT2D eigenvalue weighted by atomic mass is 35.6. The summed E-state index contributed by atoms with van der Waals surface area (Å²) in [7, 11) is 0. The minimum Gasteiger partial charge on any atom is -0.481 e. The molecule has 4 amide bonds. The number of hydrogen-bond acceptors (Lipinski definition) is 14. The van der Waals surface area contributed by atoms with E-state index in [1.165, 1.54) is 29.1 Å². The molecule has 2 fully saturated rings. The van der Waals surface area contributed by atoms with Gasteiger partial charge in [0.1, 0.15) is 48.8 Å². The van der Waals surface area contributed by atoms with E-state index in [1.807, 2.05) is 27.7 Å². The lowest BCUT2D eigenvalue weighted by molar-refractivity contribution is -0.158. The van der Waals surface area contributed by atoms with E-state index in [2.05, 4.69) is 34.6 Å². The number of carbonyl (C=O) groups excluding carboxylic acids is 8. The van der Waals surface area contributed by atoms with Crippen molar-refractivity contribution in [3.8, 4) is 0 Å². The van der Waals surface area contributed by atoms with Crippen molar-refractivity contribution in [3.05, 3.63) is 25.3 Å². The number of carboxylic acids is 1. The van der Waals surface area contributed by atoms with Crippen LogP contribution in [0.25, 0.3) is 0 Å². The fourth-order valence-corrected chi connectivity index (χ4v) is 6.73. The molecule has 0 spiro atoms. The summed E-state index contributed by atoms with van der Waals surface area (Å²) < 4.78 is 11.8. The average molecular weight is 1120 g/mol. The molecule has 0 saturated carbocycles. The minimum absolute atomic E-state index is 0.0556. The van der Waals surface area contributed by atoms with E-state index < -0.39 is 104 Å². The van der Waals surface area contributed by atoms with Crippen LogP contribution in [0.15, 0.2) is 25.3 Å². The van der Waals surface area contributed by atoms with Gasteiger partial charge in [-0.25, -0.2) is 10.9 Å². The third-order valence-corrected chi connectivity index (χ3v) is 10.6. The number of esters is 3. The Morgan fingerprint density at radius 2 is 1.03 bits per heavy atom. The minimum atomic E-state index is -1.73. The third kappa shape index (κ3) is 28.6. The molecule has 0 radical (unpaired) electrons. The maximum absolute atomic E-state index is 12.9. The van der Waals surface area contributed by atoms with Gasteiger partial charge in [0.2, 0.25) is 19.4 Å². The molecule has 2 aliphatic rings. The standard InChI is InChI=1S/C21H34Cl3N3O6.C20H30Cl3N3O5.C4H6O2/c1-12(2)14(10-16(28)33-20(4,5)6)17(29)25-13(3)18(30)27-9-7-8-15(26-27)19(31)32-11-21(22,23)24;1-5-7-14(27)10-15(12(2)3)17(28)24-13(4)18(29)26-9-6-8-16(25-26)19(30)31-11-20(21,22)23;1-2-3-4(5)6/h12-15,26H,7-11H2,1-6H3,(H,25,29);5,12-13,15-16,25H,1,6-11H2,2-4H3,(H,24,28);2H,1,3H2,(H,5,6)/t13-,14-,15-;13-,15-,16-;/m00./s1. The molecule has 0 aromatic heterocycles. The summed E-state index contributed by atoms with van der Waals surface area (Å²) >= 11 is 33.5. The van der Waals surface area contributed by atoms with Crippen molar-refractivity contribution in [2.24, 2.45) is 23.7 Å². The third-order valence-electron chi connectivity index (χ3n) is 9.92.